The Morgan fingerprint density at radius 1 is 1.22 bits per heavy atom. The standard InChI is InChI=1S/C22H23N7O2S/c1-12-10-32-22(25-12)28-21(31)13-5-7-15(8-6-13)29-11-24-17-18(23)26-19(27-20(17)29)14-3-2-4-16(30)9-14/h2-4,9-11,13,15,30H,5-8H2,1H3,(H2,23,26,27)(H,25,28,31). The molecule has 1 aliphatic carbocycles. The number of thiazole rings is 1. The third-order valence-electron chi connectivity index (χ3n) is 5.86. The Morgan fingerprint density at radius 3 is 2.75 bits per heavy atom. The molecule has 0 spiro atoms. The number of benzene rings is 1. The van der Waals surface area contributed by atoms with Crippen molar-refractivity contribution in [3.63, 3.8) is 0 Å². The summed E-state index contributed by atoms with van der Waals surface area (Å²) >= 11 is 1.45. The summed E-state index contributed by atoms with van der Waals surface area (Å²) < 4.78 is 2.04. The number of rotatable bonds is 4. The van der Waals surface area contributed by atoms with Gasteiger partial charge in [-0.25, -0.2) is 19.9 Å². The second-order valence-electron chi connectivity index (χ2n) is 8.10. The van der Waals surface area contributed by atoms with E-state index in [0.717, 1.165) is 31.4 Å². The SMILES string of the molecule is Cc1csc(NC(=O)C2CCC(n3cnc4c(N)nc(-c5cccc(O)c5)nc43)CC2)n1. The van der Waals surface area contributed by atoms with E-state index in [1.807, 2.05) is 22.9 Å². The van der Waals surface area contributed by atoms with Crippen LogP contribution in [0.5, 0.6) is 5.75 Å². The van der Waals surface area contributed by atoms with Gasteiger partial charge in [-0.05, 0) is 44.7 Å². The molecule has 1 aromatic carbocycles. The first-order chi connectivity index (χ1) is 15.5. The number of nitrogens with zero attached hydrogens (tertiary/aromatic N) is 5. The van der Waals surface area contributed by atoms with Crippen molar-refractivity contribution in [1.82, 2.24) is 24.5 Å². The fraction of sp³-hybridized carbons (Fsp3) is 0.318. The summed E-state index contributed by atoms with van der Waals surface area (Å²) in [5.41, 5.74) is 8.99. The molecule has 0 aliphatic heterocycles. The predicted molar refractivity (Wildman–Crippen MR) is 123 cm³/mol. The zero-order valence-corrected chi connectivity index (χ0v) is 18.3. The van der Waals surface area contributed by atoms with Crippen molar-refractivity contribution in [1.29, 1.82) is 0 Å². The van der Waals surface area contributed by atoms with Crippen LogP contribution in [-0.2, 0) is 4.79 Å². The number of phenols is 1. The largest absolute Gasteiger partial charge is 0.508 e. The molecule has 0 saturated heterocycles. The first kappa shape index (κ1) is 20.4. The molecule has 0 bridgehead atoms. The molecule has 0 radical (unpaired) electrons. The molecule has 0 unspecified atom stereocenters. The number of amides is 1. The van der Waals surface area contributed by atoms with E-state index in [1.165, 1.54) is 11.3 Å². The van der Waals surface area contributed by atoms with Gasteiger partial charge in [0.2, 0.25) is 5.91 Å². The van der Waals surface area contributed by atoms with Crippen LogP contribution in [0.3, 0.4) is 0 Å². The minimum atomic E-state index is -0.0345. The Labute approximate surface area is 188 Å². The zero-order chi connectivity index (χ0) is 22.2. The van der Waals surface area contributed by atoms with Gasteiger partial charge in [-0.2, -0.15) is 0 Å². The highest BCUT2D eigenvalue weighted by Gasteiger charge is 2.29. The fourth-order valence-corrected chi connectivity index (χ4v) is 4.91. The van der Waals surface area contributed by atoms with Gasteiger partial charge in [0.05, 0.1) is 12.0 Å². The van der Waals surface area contributed by atoms with E-state index in [1.54, 1.807) is 24.5 Å². The maximum absolute atomic E-state index is 12.6. The van der Waals surface area contributed by atoms with E-state index in [0.29, 0.717) is 33.5 Å². The molecule has 32 heavy (non-hydrogen) atoms. The van der Waals surface area contributed by atoms with Crippen LogP contribution in [-0.4, -0.2) is 35.5 Å². The molecule has 5 rings (SSSR count). The van der Waals surface area contributed by atoms with Crippen LogP contribution in [0.25, 0.3) is 22.6 Å². The number of carbonyl (C=O) groups excluding carboxylic acids is 1. The summed E-state index contributed by atoms with van der Waals surface area (Å²) in [5, 5.41) is 15.3. The Bertz CT molecular complexity index is 1290. The van der Waals surface area contributed by atoms with Crippen molar-refractivity contribution < 1.29 is 9.90 Å². The molecule has 0 atom stereocenters. The molecule has 1 amide bonds. The minimum absolute atomic E-state index is 0.0334. The van der Waals surface area contributed by atoms with Gasteiger partial charge in [0.25, 0.3) is 0 Å². The molecule has 164 valence electrons. The van der Waals surface area contributed by atoms with E-state index in [4.69, 9.17) is 10.7 Å². The van der Waals surface area contributed by atoms with E-state index >= 15 is 0 Å². The van der Waals surface area contributed by atoms with Crippen LogP contribution >= 0.6 is 11.3 Å². The van der Waals surface area contributed by atoms with Crippen LogP contribution in [0.15, 0.2) is 36.0 Å². The van der Waals surface area contributed by atoms with Crippen LogP contribution in [0.1, 0.15) is 37.4 Å². The lowest BCUT2D eigenvalue weighted by atomic mass is 9.85. The number of nitrogen functional groups attached to an aromatic ring is 1. The van der Waals surface area contributed by atoms with E-state index < -0.39 is 0 Å². The number of hydrogen-bond donors (Lipinski definition) is 3. The van der Waals surface area contributed by atoms with Gasteiger partial charge in [0.1, 0.15) is 11.3 Å². The van der Waals surface area contributed by atoms with Crippen molar-refractivity contribution in [3.8, 4) is 17.1 Å². The predicted octanol–water partition coefficient (Wildman–Crippen LogP) is 3.92. The first-order valence-electron chi connectivity index (χ1n) is 10.5. The van der Waals surface area contributed by atoms with Crippen molar-refractivity contribution in [2.75, 3.05) is 11.1 Å². The molecule has 10 heteroatoms. The van der Waals surface area contributed by atoms with Gasteiger partial charge in [-0.1, -0.05) is 12.1 Å². The molecule has 4 aromatic rings. The lowest BCUT2D eigenvalue weighted by Crippen LogP contribution is -2.28. The van der Waals surface area contributed by atoms with Gasteiger partial charge in [-0.3, -0.25) is 4.79 Å². The van der Waals surface area contributed by atoms with Crippen molar-refractivity contribution in [3.05, 3.63) is 41.7 Å². The topological polar surface area (TPSA) is 132 Å². The maximum Gasteiger partial charge on any atom is 0.229 e. The third-order valence-corrected chi connectivity index (χ3v) is 6.74. The maximum atomic E-state index is 12.6. The summed E-state index contributed by atoms with van der Waals surface area (Å²) in [6.45, 7) is 1.91. The molecule has 9 nitrogen and oxygen atoms in total. The van der Waals surface area contributed by atoms with Gasteiger partial charge in [0, 0.05) is 22.9 Å². The molecule has 3 aromatic heterocycles. The second-order valence-corrected chi connectivity index (χ2v) is 8.95. The number of carbonyl (C=O) groups is 1. The highest BCUT2D eigenvalue weighted by Crippen LogP contribution is 2.35. The molecule has 1 aliphatic rings. The zero-order valence-electron chi connectivity index (χ0n) is 17.5. The molecular formula is C22H23N7O2S. The number of hydrogen-bond acceptors (Lipinski definition) is 8. The minimum Gasteiger partial charge on any atom is -0.508 e. The lowest BCUT2D eigenvalue weighted by Gasteiger charge is -2.28. The quantitative estimate of drug-likeness (QED) is 0.430. The Kier molecular flexibility index (Phi) is 5.22. The average molecular weight is 450 g/mol. The number of anilines is 2. The normalized spacial score (nSPS) is 18.7. The number of nitrogens with one attached hydrogen (secondary N) is 1. The summed E-state index contributed by atoms with van der Waals surface area (Å²) in [7, 11) is 0. The monoisotopic (exact) mass is 449 g/mol. The Hall–Kier alpha value is -3.53. The average Bonchev–Trinajstić information content (AvgIpc) is 3.40. The van der Waals surface area contributed by atoms with Crippen LogP contribution < -0.4 is 11.1 Å². The van der Waals surface area contributed by atoms with Gasteiger partial charge >= 0.3 is 0 Å². The van der Waals surface area contributed by atoms with E-state index in [-0.39, 0.29) is 23.6 Å². The van der Waals surface area contributed by atoms with Crippen molar-refractivity contribution >= 4 is 39.4 Å². The number of imidazole rings is 1. The van der Waals surface area contributed by atoms with Crippen LogP contribution in [0.4, 0.5) is 10.9 Å². The summed E-state index contributed by atoms with van der Waals surface area (Å²) in [4.78, 5) is 30.5. The van der Waals surface area contributed by atoms with Crippen molar-refractivity contribution in [2.45, 2.75) is 38.6 Å². The van der Waals surface area contributed by atoms with E-state index in [2.05, 4.69) is 20.3 Å². The Morgan fingerprint density at radius 2 is 2.03 bits per heavy atom. The number of phenolic OH excluding ortho intramolecular Hbond substituents is 1. The molecule has 1 saturated carbocycles. The number of fused-ring (bicyclic) bond motifs is 1. The number of aryl methyl sites for hydroxylation is 1. The number of aromatic nitrogens is 5. The van der Waals surface area contributed by atoms with Gasteiger partial charge in [-0.15, -0.1) is 11.3 Å². The summed E-state index contributed by atoms with van der Waals surface area (Å²) in [6, 6.07) is 6.95. The lowest BCUT2D eigenvalue weighted by molar-refractivity contribution is -0.120. The molecule has 1 fully saturated rings. The molecular weight excluding hydrogens is 426 g/mol. The fourth-order valence-electron chi connectivity index (χ4n) is 4.21. The van der Waals surface area contributed by atoms with Crippen LogP contribution in [0, 0.1) is 12.8 Å². The van der Waals surface area contributed by atoms with Crippen molar-refractivity contribution in [2.24, 2.45) is 5.92 Å². The second kappa shape index (κ2) is 8.19. The number of aromatic hydroxyl groups is 1. The molecule has 4 N–H and O–H groups in total. The highest BCUT2D eigenvalue weighted by atomic mass is 32.1. The first-order valence-corrected chi connectivity index (χ1v) is 11.4. The highest BCUT2D eigenvalue weighted by molar-refractivity contribution is 7.13. The van der Waals surface area contributed by atoms with Crippen LogP contribution in [0.2, 0.25) is 0 Å². The summed E-state index contributed by atoms with van der Waals surface area (Å²) in [6.07, 6.45) is 4.99. The number of nitrogens with two attached hydrogens (primary N) is 1. The Balaban J connectivity index is 1.35. The third kappa shape index (κ3) is 3.89. The summed E-state index contributed by atoms with van der Waals surface area (Å²) in [5.74, 6) is 0.889. The van der Waals surface area contributed by atoms with Gasteiger partial charge in [0.15, 0.2) is 22.4 Å². The van der Waals surface area contributed by atoms with Gasteiger partial charge < -0.3 is 20.7 Å². The smallest absolute Gasteiger partial charge is 0.229 e. The van der Waals surface area contributed by atoms with E-state index in [9.17, 15) is 9.90 Å². The molecule has 3 heterocycles.